The van der Waals surface area contributed by atoms with E-state index in [0.29, 0.717) is 23.2 Å². The van der Waals surface area contributed by atoms with Crippen LogP contribution in [0, 0.1) is 0 Å². The van der Waals surface area contributed by atoms with Gasteiger partial charge >= 0.3 is 0 Å². The van der Waals surface area contributed by atoms with Gasteiger partial charge in [0.1, 0.15) is 5.58 Å². The number of pyridine rings is 1. The minimum Gasteiger partial charge on any atom is -0.438 e. The molecule has 0 saturated carbocycles. The first-order chi connectivity index (χ1) is 21.3. The second-order valence-electron chi connectivity index (χ2n) is 10.7. The predicted octanol–water partition coefficient (Wildman–Crippen LogP) is 9.63. The van der Waals surface area contributed by atoms with Crippen molar-refractivity contribution in [2.45, 2.75) is 0 Å². The molecular formula is C38H22N4O. The maximum atomic E-state index is 6.08. The molecule has 0 aliphatic rings. The number of fused-ring (bicyclic) bond motifs is 7. The first-order valence-electron chi connectivity index (χ1n) is 14.2. The second-order valence-corrected chi connectivity index (χ2v) is 10.7. The van der Waals surface area contributed by atoms with E-state index in [9.17, 15) is 0 Å². The first-order valence-corrected chi connectivity index (χ1v) is 14.2. The van der Waals surface area contributed by atoms with Crippen LogP contribution in [-0.4, -0.2) is 19.9 Å². The molecule has 9 aromatic rings. The van der Waals surface area contributed by atoms with Gasteiger partial charge in [0, 0.05) is 33.7 Å². The normalized spacial score (nSPS) is 11.7. The van der Waals surface area contributed by atoms with Gasteiger partial charge in [-0.15, -0.1) is 0 Å². The molecule has 43 heavy (non-hydrogen) atoms. The van der Waals surface area contributed by atoms with Gasteiger partial charge < -0.3 is 4.42 Å². The lowest BCUT2D eigenvalue weighted by atomic mass is 9.99. The van der Waals surface area contributed by atoms with Crippen molar-refractivity contribution in [2.24, 2.45) is 0 Å². The van der Waals surface area contributed by atoms with E-state index in [-0.39, 0.29) is 0 Å². The molecule has 0 aliphatic carbocycles. The van der Waals surface area contributed by atoms with E-state index in [2.05, 4.69) is 120 Å². The van der Waals surface area contributed by atoms with E-state index >= 15 is 0 Å². The maximum Gasteiger partial charge on any atom is 0.227 e. The summed E-state index contributed by atoms with van der Waals surface area (Å²) in [6.07, 6.45) is 1.76. The van der Waals surface area contributed by atoms with Crippen LogP contribution in [0.15, 0.2) is 138 Å². The molecule has 0 spiro atoms. The minimum atomic E-state index is 0.622. The summed E-state index contributed by atoms with van der Waals surface area (Å²) >= 11 is 0. The summed E-state index contributed by atoms with van der Waals surface area (Å²) in [5.74, 6) is 1.89. The number of nitrogens with zero attached hydrogens (tertiary/aromatic N) is 4. The predicted molar refractivity (Wildman–Crippen MR) is 174 cm³/mol. The molecule has 0 atom stereocenters. The quantitative estimate of drug-likeness (QED) is 0.219. The largest absolute Gasteiger partial charge is 0.438 e. The van der Waals surface area contributed by atoms with Gasteiger partial charge in [-0.05, 0) is 68.7 Å². The van der Waals surface area contributed by atoms with E-state index in [1.54, 1.807) is 6.20 Å². The van der Waals surface area contributed by atoms with Gasteiger partial charge in [-0.25, -0.2) is 19.9 Å². The summed E-state index contributed by atoms with van der Waals surface area (Å²) in [7, 11) is 0. The van der Waals surface area contributed by atoms with Gasteiger partial charge in [0.25, 0.3) is 0 Å². The molecule has 0 fully saturated rings. The molecule has 0 radical (unpaired) electrons. The fraction of sp³-hybridized carbons (Fsp3) is 0. The smallest absolute Gasteiger partial charge is 0.227 e. The minimum absolute atomic E-state index is 0.622. The molecule has 9 rings (SSSR count). The summed E-state index contributed by atoms with van der Waals surface area (Å²) < 4.78 is 6.08. The highest BCUT2D eigenvalue weighted by molar-refractivity contribution is 6.20. The summed E-state index contributed by atoms with van der Waals surface area (Å²) in [5.41, 5.74) is 4.26. The molecule has 0 unspecified atom stereocenters. The van der Waals surface area contributed by atoms with Crippen molar-refractivity contribution in [3.8, 4) is 34.2 Å². The lowest BCUT2D eigenvalue weighted by Gasteiger charge is -2.11. The molecule has 5 nitrogen and oxygen atoms in total. The Morgan fingerprint density at radius 2 is 1.07 bits per heavy atom. The van der Waals surface area contributed by atoms with Crippen LogP contribution in [0.1, 0.15) is 0 Å². The topological polar surface area (TPSA) is 64.7 Å². The van der Waals surface area contributed by atoms with Crippen molar-refractivity contribution >= 4 is 54.4 Å². The van der Waals surface area contributed by atoms with Crippen LogP contribution in [0.2, 0.25) is 0 Å². The Hall–Kier alpha value is -5.94. The number of rotatable bonds is 3. The van der Waals surface area contributed by atoms with E-state index < -0.39 is 0 Å². The summed E-state index contributed by atoms with van der Waals surface area (Å²) in [6, 6.07) is 43.7. The van der Waals surface area contributed by atoms with Crippen LogP contribution < -0.4 is 0 Å². The number of furan rings is 1. The van der Waals surface area contributed by atoms with Crippen LogP contribution in [0.5, 0.6) is 0 Å². The van der Waals surface area contributed by atoms with E-state index in [1.165, 1.54) is 10.8 Å². The first kappa shape index (κ1) is 23.7. The average Bonchev–Trinajstić information content (AvgIpc) is 3.47. The Balaban J connectivity index is 1.31. The lowest BCUT2D eigenvalue weighted by molar-refractivity contribution is 0.654. The standard InChI is InChI=1S/C38H22N4O/c1-3-9-25-21-27(16-14-23(25)7-1)35-40-36(28-17-15-24-8-2-4-10-26(24)22-28)42-37(41-35)31-12-5-11-30-29(31)18-19-33-34(30)32-13-6-20-39-38(32)43-33/h1-22H. The average molecular weight is 551 g/mol. The third-order valence-corrected chi connectivity index (χ3v) is 8.16. The highest BCUT2D eigenvalue weighted by atomic mass is 16.3. The molecule has 6 aromatic carbocycles. The van der Waals surface area contributed by atoms with Crippen LogP contribution in [0.25, 0.3) is 88.5 Å². The Kier molecular flexibility index (Phi) is 5.13. The molecule has 200 valence electrons. The molecular weight excluding hydrogens is 528 g/mol. The molecule has 0 amide bonds. The van der Waals surface area contributed by atoms with E-state index in [1.807, 2.05) is 12.1 Å². The lowest BCUT2D eigenvalue weighted by Crippen LogP contribution is -2.00. The SMILES string of the molecule is c1ccc2cc(-c3nc(-c4ccc5ccccc5c4)nc(-c4cccc5c4ccc4oc6ncccc6c45)n3)ccc2c1. The Morgan fingerprint density at radius 3 is 1.77 bits per heavy atom. The van der Waals surface area contributed by atoms with Crippen LogP contribution in [0.3, 0.4) is 0 Å². The molecule has 0 saturated heterocycles. The highest BCUT2D eigenvalue weighted by Crippen LogP contribution is 2.38. The third-order valence-electron chi connectivity index (χ3n) is 8.16. The van der Waals surface area contributed by atoms with Crippen LogP contribution >= 0.6 is 0 Å². The number of benzene rings is 6. The van der Waals surface area contributed by atoms with Crippen molar-refractivity contribution < 1.29 is 4.42 Å². The molecule has 0 N–H and O–H groups in total. The number of hydrogen-bond acceptors (Lipinski definition) is 5. The fourth-order valence-electron chi connectivity index (χ4n) is 6.07. The summed E-state index contributed by atoms with van der Waals surface area (Å²) in [4.78, 5) is 19.7. The van der Waals surface area contributed by atoms with Gasteiger partial charge in [-0.2, -0.15) is 0 Å². The summed E-state index contributed by atoms with van der Waals surface area (Å²) in [6.45, 7) is 0. The number of aromatic nitrogens is 4. The molecule has 3 aromatic heterocycles. The summed E-state index contributed by atoms with van der Waals surface area (Å²) in [5, 5.41) is 8.78. The molecule has 3 heterocycles. The fourth-order valence-corrected chi connectivity index (χ4v) is 6.07. The van der Waals surface area contributed by atoms with Crippen molar-refractivity contribution in [2.75, 3.05) is 0 Å². The van der Waals surface area contributed by atoms with Crippen molar-refractivity contribution in [3.05, 3.63) is 134 Å². The second kappa shape index (κ2) is 9.29. The Bertz CT molecular complexity index is 2430. The van der Waals surface area contributed by atoms with E-state index in [4.69, 9.17) is 19.4 Å². The van der Waals surface area contributed by atoms with Gasteiger partial charge in [0.2, 0.25) is 5.71 Å². The van der Waals surface area contributed by atoms with Crippen LogP contribution in [-0.2, 0) is 0 Å². The van der Waals surface area contributed by atoms with Crippen LogP contribution in [0.4, 0.5) is 0 Å². The van der Waals surface area contributed by atoms with Crippen molar-refractivity contribution in [1.82, 2.24) is 19.9 Å². The molecule has 0 bridgehead atoms. The number of hydrogen-bond donors (Lipinski definition) is 0. The van der Waals surface area contributed by atoms with Gasteiger partial charge in [0.05, 0.1) is 0 Å². The Morgan fingerprint density at radius 1 is 0.442 bits per heavy atom. The Labute approximate surface area is 246 Å². The molecule has 5 heteroatoms. The maximum absolute atomic E-state index is 6.08. The monoisotopic (exact) mass is 550 g/mol. The zero-order valence-corrected chi connectivity index (χ0v) is 22.9. The van der Waals surface area contributed by atoms with Crippen molar-refractivity contribution in [1.29, 1.82) is 0 Å². The highest BCUT2D eigenvalue weighted by Gasteiger charge is 2.17. The third kappa shape index (κ3) is 3.86. The zero-order valence-electron chi connectivity index (χ0n) is 22.9. The molecule has 0 aliphatic heterocycles. The van der Waals surface area contributed by atoms with Gasteiger partial charge in [-0.3, -0.25) is 0 Å². The van der Waals surface area contributed by atoms with Crippen molar-refractivity contribution in [3.63, 3.8) is 0 Å². The van der Waals surface area contributed by atoms with Gasteiger partial charge in [-0.1, -0.05) is 91.0 Å². The zero-order chi connectivity index (χ0) is 28.3. The van der Waals surface area contributed by atoms with E-state index in [0.717, 1.165) is 54.6 Å². The van der Waals surface area contributed by atoms with Gasteiger partial charge in [0.15, 0.2) is 17.5 Å².